The van der Waals surface area contributed by atoms with Crippen LogP contribution in [-0.2, 0) is 6.54 Å². The van der Waals surface area contributed by atoms with Crippen molar-refractivity contribution in [2.75, 3.05) is 26.7 Å². The van der Waals surface area contributed by atoms with E-state index in [-0.39, 0.29) is 6.03 Å². The van der Waals surface area contributed by atoms with Crippen molar-refractivity contribution in [3.05, 3.63) is 17.0 Å². The molecule has 2 heterocycles. The van der Waals surface area contributed by atoms with Crippen LogP contribution in [0.1, 0.15) is 43.2 Å². The smallest absolute Gasteiger partial charge is 0.317 e. The first-order valence-electron chi connectivity index (χ1n) is 8.17. The van der Waals surface area contributed by atoms with Crippen LogP contribution in [-0.4, -0.2) is 53.7 Å². The van der Waals surface area contributed by atoms with Crippen molar-refractivity contribution in [3.63, 3.8) is 0 Å². The Balaban J connectivity index is 1.83. The maximum atomic E-state index is 12.3. The molecule has 6 nitrogen and oxygen atoms in total. The van der Waals surface area contributed by atoms with Crippen LogP contribution in [0.4, 0.5) is 4.79 Å². The maximum Gasteiger partial charge on any atom is 0.317 e. The van der Waals surface area contributed by atoms with Crippen molar-refractivity contribution in [2.24, 2.45) is 0 Å². The van der Waals surface area contributed by atoms with Gasteiger partial charge in [0.25, 0.3) is 0 Å². The highest BCUT2D eigenvalue weighted by molar-refractivity contribution is 5.73. The van der Waals surface area contributed by atoms with Gasteiger partial charge in [-0.05, 0) is 46.2 Å². The van der Waals surface area contributed by atoms with E-state index in [2.05, 4.69) is 22.3 Å². The van der Waals surface area contributed by atoms with Gasteiger partial charge >= 0.3 is 6.03 Å². The van der Waals surface area contributed by atoms with Crippen LogP contribution in [0, 0.1) is 13.8 Å². The lowest BCUT2D eigenvalue weighted by molar-refractivity contribution is 0.193. The van der Waals surface area contributed by atoms with Gasteiger partial charge in [-0.15, -0.1) is 0 Å². The van der Waals surface area contributed by atoms with Gasteiger partial charge in [-0.1, -0.05) is 12.1 Å². The molecule has 0 saturated carbocycles. The third kappa shape index (κ3) is 4.00. The van der Waals surface area contributed by atoms with Crippen LogP contribution in [0.5, 0.6) is 0 Å². The lowest BCUT2D eigenvalue weighted by Gasteiger charge is -2.27. The number of likely N-dealkylation sites (tertiary alicyclic amines) is 1. The molecule has 1 atom stereocenters. The van der Waals surface area contributed by atoms with Gasteiger partial charge in [-0.3, -0.25) is 4.90 Å². The van der Waals surface area contributed by atoms with Crippen LogP contribution in [0.15, 0.2) is 4.52 Å². The summed E-state index contributed by atoms with van der Waals surface area (Å²) in [6.45, 7) is 9.50. The molecule has 1 aromatic rings. The number of nitrogens with zero attached hydrogens (tertiary/aromatic N) is 3. The molecule has 124 valence electrons. The Morgan fingerprint density at radius 1 is 1.41 bits per heavy atom. The van der Waals surface area contributed by atoms with Gasteiger partial charge in [0.15, 0.2) is 0 Å². The first-order valence-corrected chi connectivity index (χ1v) is 8.17. The molecule has 1 aromatic heterocycles. The zero-order valence-corrected chi connectivity index (χ0v) is 14.2. The fourth-order valence-electron chi connectivity index (χ4n) is 3.02. The van der Waals surface area contributed by atoms with Crippen LogP contribution in [0.3, 0.4) is 0 Å². The monoisotopic (exact) mass is 308 g/mol. The average Bonchev–Trinajstić information content (AvgIpc) is 3.13. The second-order valence-electron chi connectivity index (χ2n) is 6.15. The Bertz CT molecular complexity index is 475. The van der Waals surface area contributed by atoms with Gasteiger partial charge in [0.05, 0.1) is 12.2 Å². The lowest BCUT2D eigenvalue weighted by atomic mass is 10.2. The summed E-state index contributed by atoms with van der Waals surface area (Å²) in [4.78, 5) is 16.4. The summed E-state index contributed by atoms with van der Waals surface area (Å²) in [6.07, 6.45) is 3.61. The summed E-state index contributed by atoms with van der Waals surface area (Å²) in [6, 6.07) is 0.400. The van der Waals surface area contributed by atoms with E-state index in [0.29, 0.717) is 19.1 Å². The lowest BCUT2D eigenvalue weighted by Crippen LogP contribution is -2.45. The molecule has 0 unspecified atom stereocenters. The molecule has 1 N–H and O–H groups in total. The highest BCUT2D eigenvalue weighted by atomic mass is 16.5. The van der Waals surface area contributed by atoms with E-state index in [4.69, 9.17) is 4.52 Å². The second-order valence-corrected chi connectivity index (χ2v) is 6.15. The van der Waals surface area contributed by atoms with Crippen molar-refractivity contribution in [1.82, 2.24) is 20.3 Å². The predicted octanol–water partition coefficient (Wildman–Crippen LogP) is 2.31. The summed E-state index contributed by atoms with van der Waals surface area (Å²) < 4.78 is 5.14. The Labute approximate surface area is 132 Å². The van der Waals surface area contributed by atoms with Crippen molar-refractivity contribution in [2.45, 2.75) is 52.6 Å². The molecule has 1 aliphatic rings. The van der Waals surface area contributed by atoms with Crippen molar-refractivity contribution in [1.29, 1.82) is 0 Å². The number of amides is 2. The maximum absolute atomic E-state index is 12.3. The third-order valence-electron chi connectivity index (χ3n) is 4.54. The minimum atomic E-state index is -0.0438. The number of nitrogens with one attached hydrogen (secondary N) is 1. The number of rotatable bonds is 6. The Morgan fingerprint density at radius 2 is 2.09 bits per heavy atom. The molecule has 1 saturated heterocycles. The molecule has 0 aliphatic carbocycles. The molecule has 2 rings (SSSR count). The molecule has 0 spiro atoms. The summed E-state index contributed by atoms with van der Waals surface area (Å²) >= 11 is 0. The van der Waals surface area contributed by atoms with Crippen LogP contribution >= 0.6 is 0 Å². The van der Waals surface area contributed by atoms with Crippen LogP contribution in [0.2, 0.25) is 0 Å². The summed E-state index contributed by atoms with van der Waals surface area (Å²) in [5.41, 5.74) is 1.84. The van der Waals surface area contributed by atoms with Crippen LogP contribution < -0.4 is 5.32 Å². The SMILES string of the molecule is CC[C@H](CNC(=O)N(C)Cc1c(C)noc1C)N1CCCC1. The van der Waals surface area contributed by atoms with Crippen molar-refractivity contribution < 1.29 is 9.32 Å². The summed E-state index contributed by atoms with van der Waals surface area (Å²) in [5, 5.41) is 6.98. The third-order valence-corrected chi connectivity index (χ3v) is 4.54. The molecular formula is C16H28N4O2. The molecule has 0 bridgehead atoms. The average molecular weight is 308 g/mol. The minimum Gasteiger partial charge on any atom is -0.361 e. The molecule has 6 heteroatoms. The highest BCUT2D eigenvalue weighted by Crippen LogP contribution is 2.15. The number of urea groups is 1. The van der Waals surface area contributed by atoms with Gasteiger partial charge < -0.3 is 14.7 Å². The molecular weight excluding hydrogens is 280 g/mol. The first kappa shape index (κ1) is 16.8. The highest BCUT2D eigenvalue weighted by Gasteiger charge is 2.22. The van der Waals surface area contributed by atoms with E-state index < -0.39 is 0 Å². The topological polar surface area (TPSA) is 61.6 Å². The normalized spacial score (nSPS) is 16.7. The molecule has 0 radical (unpaired) electrons. The summed E-state index contributed by atoms with van der Waals surface area (Å²) in [7, 11) is 1.80. The number of aromatic nitrogens is 1. The summed E-state index contributed by atoms with van der Waals surface area (Å²) in [5.74, 6) is 0.778. The van der Waals surface area contributed by atoms with Gasteiger partial charge in [0.2, 0.25) is 0 Å². The largest absolute Gasteiger partial charge is 0.361 e. The second kappa shape index (κ2) is 7.63. The number of aryl methyl sites for hydroxylation is 2. The van der Waals surface area contributed by atoms with E-state index >= 15 is 0 Å². The molecule has 1 aliphatic heterocycles. The van der Waals surface area contributed by atoms with Gasteiger partial charge in [-0.25, -0.2) is 4.79 Å². The standard InChI is InChI=1S/C16H28N4O2/c1-5-14(20-8-6-7-9-20)10-17-16(21)19(4)11-15-12(2)18-22-13(15)3/h14H,5-11H2,1-4H3,(H,17,21)/t14-/m1/s1. The number of hydrogen-bond acceptors (Lipinski definition) is 4. The van der Waals surface area contributed by atoms with Crippen molar-refractivity contribution >= 4 is 6.03 Å². The fourth-order valence-corrected chi connectivity index (χ4v) is 3.02. The fraction of sp³-hybridized carbons (Fsp3) is 0.750. The van der Waals surface area contributed by atoms with Gasteiger partial charge in [0, 0.05) is 25.2 Å². The van der Waals surface area contributed by atoms with Gasteiger partial charge in [0.1, 0.15) is 5.76 Å². The first-order chi connectivity index (χ1) is 10.5. The zero-order chi connectivity index (χ0) is 16.1. The Kier molecular flexibility index (Phi) is 5.83. The number of hydrogen-bond donors (Lipinski definition) is 1. The number of carbonyl (C=O) groups is 1. The zero-order valence-electron chi connectivity index (χ0n) is 14.2. The molecule has 0 aromatic carbocycles. The number of carbonyl (C=O) groups excluding carboxylic acids is 1. The van der Waals surface area contributed by atoms with E-state index in [9.17, 15) is 4.79 Å². The molecule has 1 fully saturated rings. The van der Waals surface area contributed by atoms with E-state index in [1.54, 1.807) is 11.9 Å². The van der Waals surface area contributed by atoms with E-state index in [1.165, 1.54) is 12.8 Å². The van der Waals surface area contributed by atoms with E-state index in [0.717, 1.165) is 36.5 Å². The molecule has 2 amide bonds. The predicted molar refractivity (Wildman–Crippen MR) is 85.7 cm³/mol. The van der Waals surface area contributed by atoms with E-state index in [1.807, 2.05) is 13.8 Å². The minimum absolute atomic E-state index is 0.0438. The van der Waals surface area contributed by atoms with Gasteiger partial charge in [-0.2, -0.15) is 0 Å². The quantitative estimate of drug-likeness (QED) is 0.876. The Hall–Kier alpha value is -1.56. The molecule has 22 heavy (non-hydrogen) atoms. The Morgan fingerprint density at radius 3 is 2.64 bits per heavy atom. The van der Waals surface area contributed by atoms with Crippen LogP contribution in [0.25, 0.3) is 0 Å². The van der Waals surface area contributed by atoms with Crippen molar-refractivity contribution in [3.8, 4) is 0 Å².